The molecule has 0 saturated carbocycles. The van der Waals surface area contributed by atoms with Crippen LogP contribution in [0.3, 0.4) is 0 Å². The maximum absolute atomic E-state index is 12.0. The van der Waals surface area contributed by atoms with Gasteiger partial charge in [0.2, 0.25) is 0 Å². The summed E-state index contributed by atoms with van der Waals surface area (Å²) in [5.74, 6) is -0.207. The summed E-state index contributed by atoms with van der Waals surface area (Å²) in [5, 5.41) is 3.07. The maximum atomic E-state index is 12.0. The zero-order valence-electron chi connectivity index (χ0n) is 13.5. The molecule has 0 spiro atoms. The van der Waals surface area contributed by atoms with E-state index in [4.69, 9.17) is 14.2 Å². The van der Waals surface area contributed by atoms with Crippen molar-refractivity contribution in [2.75, 3.05) is 60.7 Å². The summed E-state index contributed by atoms with van der Waals surface area (Å²) in [5.41, 5.74) is -0.658. The molecule has 0 rings (SSSR count). The molecule has 0 bridgehead atoms. The van der Waals surface area contributed by atoms with Crippen molar-refractivity contribution in [3.8, 4) is 0 Å². The number of hydrogen-bond acceptors (Lipinski definition) is 6. The van der Waals surface area contributed by atoms with Gasteiger partial charge < -0.3 is 19.5 Å². The van der Waals surface area contributed by atoms with E-state index in [1.165, 1.54) is 0 Å². The van der Waals surface area contributed by atoms with Crippen molar-refractivity contribution in [3.05, 3.63) is 0 Å². The number of rotatable bonds is 12. The number of nitrogens with one attached hydrogen (secondary N) is 1. The molecule has 1 unspecified atom stereocenters. The van der Waals surface area contributed by atoms with Crippen LogP contribution in [0.4, 0.5) is 0 Å². The van der Waals surface area contributed by atoms with E-state index in [-0.39, 0.29) is 5.97 Å². The maximum Gasteiger partial charge on any atom is 0.326 e. The van der Waals surface area contributed by atoms with Gasteiger partial charge in [0, 0.05) is 33.9 Å². The highest BCUT2D eigenvalue weighted by Crippen LogP contribution is 2.12. The molecule has 6 heteroatoms. The van der Waals surface area contributed by atoms with Gasteiger partial charge >= 0.3 is 5.97 Å². The summed E-state index contributed by atoms with van der Waals surface area (Å²) in [7, 11) is 5.15. The van der Waals surface area contributed by atoms with Crippen LogP contribution in [0, 0.1) is 0 Å². The van der Waals surface area contributed by atoms with Crippen molar-refractivity contribution in [2.45, 2.75) is 25.8 Å². The molecule has 1 N–H and O–H groups in total. The Bertz CT molecular complexity index is 256. The standard InChI is InChI=1S/C14H30N2O4/c1-6-20-13(17)14(2,15-3)7-8-16(9-11-18-4)10-12-19-5/h15H,6-12H2,1-5H3. The summed E-state index contributed by atoms with van der Waals surface area (Å²) >= 11 is 0. The Morgan fingerprint density at radius 3 is 2.10 bits per heavy atom. The van der Waals surface area contributed by atoms with Crippen molar-refractivity contribution in [2.24, 2.45) is 0 Å². The normalized spacial score (nSPS) is 14.3. The van der Waals surface area contributed by atoms with Crippen molar-refractivity contribution < 1.29 is 19.0 Å². The fraction of sp³-hybridized carbons (Fsp3) is 0.929. The van der Waals surface area contributed by atoms with E-state index < -0.39 is 5.54 Å². The molecule has 0 aliphatic rings. The first kappa shape index (κ1) is 19.3. The van der Waals surface area contributed by atoms with Crippen LogP contribution in [0.15, 0.2) is 0 Å². The number of hydrogen-bond donors (Lipinski definition) is 1. The van der Waals surface area contributed by atoms with Gasteiger partial charge in [0.25, 0.3) is 0 Å². The number of carbonyl (C=O) groups excluding carboxylic acids is 1. The minimum atomic E-state index is -0.658. The van der Waals surface area contributed by atoms with E-state index in [0.29, 0.717) is 26.2 Å². The van der Waals surface area contributed by atoms with E-state index in [1.54, 1.807) is 21.3 Å². The number of carbonyl (C=O) groups is 1. The second-order valence-electron chi connectivity index (χ2n) is 4.88. The monoisotopic (exact) mass is 290 g/mol. The summed E-state index contributed by atoms with van der Waals surface area (Å²) in [6.45, 7) is 7.84. The molecule has 0 aromatic carbocycles. The SMILES string of the molecule is CCOC(=O)C(C)(CCN(CCOC)CCOC)NC. The van der Waals surface area contributed by atoms with Gasteiger partial charge in [-0.1, -0.05) is 0 Å². The van der Waals surface area contributed by atoms with Gasteiger partial charge in [-0.05, 0) is 27.3 Å². The molecule has 0 aliphatic carbocycles. The van der Waals surface area contributed by atoms with Gasteiger partial charge in [-0.15, -0.1) is 0 Å². The minimum Gasteiger partial charge on any atom is -0.465 e. The largest absolute Gasteiger partial charge is 0.465 e. The predicted molar refractivity (Wildman–Crippen MR) is 78.9 cm³/mol. The van der Waals surface area contributed by atoms with Crippen LogP contribution in [0.5, 0.6) is 0 Å². The predicted octanol–water partition coefficient (Wildman–Crippen LogP) is 0.513. The highest BCUT2D eigenvalue weighted by molar-refractivity contribution is 5.80. The average Bonchev–Trinajstić information content (AvgIpc) is 2.46. The molecular formula is C14H30N2O4. The molecular weight excluding hydrogens is 260 g/mol. The lowest BCUT2D eigenvalue weighted by Crippen LogP contribution is -2.51. The fourth-order valence-corrected chi connectivity index (χ4v) is 1.78. The van der Waals surface area contributed by atoms with E-state index in [1.807, 2.05) is 13.8 Å². The quantitative estimate of drug-likeness (QED) is 0.529. The van der Waals surface area contributed by atoms with Gasteiger partial charge in [0.15, 0.2) is 0 Å². The fourth-order valence-electron chi connectivity index (χ4n) is 1.78. The van der Waals surface area contributed by atoms with Gasteiger partial charge in [0.05, 0.1) is 19.8 Å². The number of likely N-dealkylation sites (N-methyl/N-ethyl adjacent to an activating group) is 1. The van der Waals surface area contributed by atoms with Crippen LogP contribution in [0.2, 0.25) is 0 Å². The van der Waals surface area contributed by atoms with Gasteiger partial charge in [-0.25, -0.2) is 0 Å². The summed E-state index contributed by atoms with van der Waals surface area (Å²) in [6.07, 6.45) is 0.676. The number of nitrogens with zero attached hydrogens (tertiary/aromatic N) is 1. The average molecular weight is 290 g/mol. The van der Waals surface area contributed by atoms with Crippen LogP contribution in [-0.2, 0) is 19.0 Å². The molecule has 0 radical (unpaired) electrons. The Morgan fingerprint density at radius 1 is 1.15 bits per heavy atom. The third-order valence-electron chi connectivity index (χ3n) is 3.43. The molecule has 0 aromatic rings. The molecule has 0 amide bonds. The molecule has 0 aromatic heterocycles. The van der Waals surface area contributed by atoms with E-state index in [2.05, 4.69) is 10.2 Å². The van der Waals surface area contributed by atoms with E-state index >= 15 is 0 Å². The molecule has 120 valence electrons. The zero-order valence-corrected chi connectivity index (χ0v) is 13.5. The van der Waals surface area contributed by atoms with Crippen molar-refractivity contribution in [3.63, 3.8) is 0 Å². The topological polar surface area (TPSA) is 60.0 Å². The van der Waals surface area contributed by atoms with Crippen LogP contribution in [-0.4, -0.2) is 77.1 Å². The highest BCUT2D eigenvalue weighted by Gasteiger charge is 2.33. The van der Waals surface area contributed by atoms with Crippen molar-refractivity contribution >= 4 is 5.97 Å². The Balaban J connectivity index is 4.41. The highest BCUT2D eigenvalue weighted by atomic mass is 16.5. The lowest BCUT2D eigenvalue weighted by Gasteiger charge is -2.30. The Hall–Kier alpha value is -0.690. The smallest absolute Gasteiger partial charge is 0.326 e. The molecule has 0 fully saturated rings. The summed E-state index contributed by atoms with van der Waals surface area (Å²) in [6, 6.07) is 0. The third kappa shape index (κ3) is 7.19. The van der Waals surface area contributed by atoms with Crippen LogP contribution in [0.25, 0.3) is 0 Å². The van der Waals surface area contributed by atoms with Crippen molar-refractivity contribution in [1.82, 2.24) is 10.2 Å². The molecule has 1 atom stereocenters. The Morgan fingerprint density at radius 2 is 1.70 bits per heavy atom. The Kier molecular flexibility index (Phi) is 10.6. The number of esters is 1. The Labute approximate surface area is 122 Å². The van der Waals surface area contributed by atoms with Gasteiger partial charge in [-0.2, -0.15) is 0 Å². The molecule has 6 nitrogen and oxygen atoms in total. The van der Waals surface area contributed by atoms with E-state index in [0.717, 1.165) is 19.6 Å². The number of ether oxygens (including phenoxy) is 3. The second kappa shape index (κ2) is 11.0. The zero-order chi connectivity index (χ0) is 15.4. The molecule has 0 heterocycles. The van der Waals surface area contributed by atoms with Gasteiger partial charge in [-0.3, -0.25) is 9.69 Å². The first-order valence-corrected chi connectivity index (χ1v) is 7.10. The van der Waals surface area contributed by atoms with Crippen LogP contribution < -0.4 is 5.32 Å². The minimum absolute atomic E-state index is 0.207. The molecule has 0 aliphatic heterocycles. The second-order valence-corrected chi connectivity index (χ2v) is 4.88. The van der Waals surface area contributed by atoms with Gasteiger partial charge in [0.1, 0.15) is 5.54 Å². The first-order valence-electron chi connectivity index (χ1n) is 7.10. The molecule has 20 heavy (non-hydrogen) atoms. The summed E-state index contributed by atoms with van der Waals surface area (Å²) < 4.78 is 15.3. The lowest BCUT2D eigenvalue weighted by molar-refractivity contribution is -0.150. The first-order chi connectivity index (χ1) is 9.53. The summed E-state index contributed by atoms with van der Waals surface area (Å²) in [4.78, 5) is 14.2. The van der Waals surface area contributed by atoms with E-state index in [9.17, 15) is 4.79 Å². The third-order valence-corrected chi connectivity index (χ3v) is 3.43. The molecule has 0 saturated heterocycles. The van der Waals surface area contributed by atoms with Crippen LogP contribution >= 0.6 is 0 Å². The van der Waals surface area contributed by atoms with Crippen molar-refractivity contribution in [1.29, 1.82) is 0 Å². The number of methoxy groups -OCH3 is 2. The lowest BCUT2D eigenvalue weighted by atomic mass is 9.98. The van der Waals surface area contributed by atoms with Crippen LogP contribution in [0.1, 0.15) is 20.3 Å².